The van der Waals surface area contributed by atoms with Gasteiger partial charge in [0, 0.05) is 24.7 Å². The number of aromatic nitrogens is 1. The zero-order valence-corrected chi connectivity index (χ0v) is 25.4. The van der Waals surface area contributed by atoms with Crippen LogP contribution in [0.1, 0.15) is 35.5 Å². The highest BCUT2D eigenvalue weighted by Crippen LogP contribution is 2.19. The van der Waals surface area contributed by atoms with Crippen molar-refractivity contribution < 1.29 is 22.8 Å². The first kappa shape index (κ1) is 33.9. The van der Waals surface area contributed by atoms with E-state index in [9.17, 15) is 22.8 Å². The summed E-state index contributed by atoms with van der Waals surface area (Å²) in [6.07, 6.45) is 2.38. The van der Waals surface area contributed by atoms with E-state index in [1.165, 1.54) is 18.3 Å². The summed E-state index contributed by atoms with van der Waals surface area (Å²) in [5.41, 5.74) is 21.4. The van der Waals surface area contributed by atoms with Gasteiger partial charge in [0.2, 0.25) is 27.6 Å². The number of hydrogen-bond donors (Lipinski definition) is 7. The first-order valence-electron chi connectivity index (χ1n) is 13.6. The molecule has 0 spiro atoms. The molecule has 236 valence electrons. The van der Waals surface area contributed by atoms with Gasteiger partial charge in [-0.2, -0.15) is 4.72 Å². The van der Waals surface area contributed by atoms with E-state index in [-0.39, 0.29) is 54.2 Å². The summed E-state index contributed by atoms with van der Waals surface area (Å²) >= 11 is 1.13. The smallest absolute Gasteiger partial charge is 0.241 e. The maximum atomic E-state index is 13.3. The van der Waals surface area contributed by atoms with E-state index < -0.39 is 46.2 Å². The quantitative estimate of drug-likeness (QED) is 0.0430. The van der Waals surface area contributed by atoms with Crippen LogP contribution in [-0.4, -0.2) is 74.6 Å². The Morgan fingerprint density at radius 3 is 2.14 bits per heavy atom. The molecule has 2 atom stereocenters. The molecule has 1 heterocycles. The number of nitrogens with one attached hydrogen (secondary N) is 3. The number of carbonyl (C=O) groups is 3. The number of Topliss-reactive ketones (excluding diaryl/α,β-unsaturated/α-hetero) is 1. The average molecular weight is 645 g/mol. The van der Waals surface area contributed by atoms with Gasteiger partial charge in [0.05, 0.1) is 17.5 Å². The van der Waals surface area contributed by atoms with Crippen LogP contribution < -0.4 is 38.3 Å². The molecule has 3 aromatic rings. The third-order valence-electron chi connectivity index (χ3n) is 6.25. The molecule has 0 radical (unpaired) electrons. The van der Waals surface area contributed by atoms with Gasteiger partial charge in [-0.1, -0.05) is 30.3 Å². The SMILES string of the molecule is NC(N)=NCCC[C@H](NC(=O)CNC(=O)[C@@H](CCCN=C(N)N)NS(=O)(=O)c1ccc2ccccc2c1)C(=O)c1nccs1. The van der Waals surface area contributed by atoms with Gasteiger partial charge in [0.1, 0.15) is 6.04 Å². The van der Waals surface area contributed by atoms with E-state index in [1.807, 2.05) is 12.1 Å². The molecule has 0 fully saturated rings. The zero-order chi connectivity index (χ0) is 32.1. The number of nitrogens with two attached hydrogens (primary N) is 4. The van der Waals surface area contributed by atoms with Crippen molar-refractivity contribution in [2.75, 3.05) is 19.6 Å². The highest BCUT2D eigenvalue weighted by molar-refractivity contribution is 7.89. The number of nitrogens with zero attached hydrogens (tertiary/aromatic N) is 3. The van der Waals surface area contributed by atoms with Crippen molar-refractivity contribution in [2.45, 2.75) is 42.7 Å². The van der Waals surface area contributed by atoms with Crippen molar-refractivity contribution in [1.82, 2.24) is 20.3 Å². The topological polar surface area (TPSA) is 263 Å². The first-order valence-corrected chi connectivity index (χ1v) is 15.9. The molecular weight excluding hydrogens is 608 g/mol. The lowest BCUT2D eigenvalue weighted by molar-refractivity contribution is -0.127. The second-order valence-corrected chi connectivity index (χ2v) is 12.2. The van der Waals surface area contributed by atoms with Gasteiger partial charge in [-0.05, 0) is 48.6 Å². The zero-order valence-electron chi connectivity index (χ0n) is 23.8. The Morgan fingerprint density at radius 1 is 0.886 bits per heavy atom. The van der Waals surface area contributed by atoms with Gasteiger partial charge in [0.25, 0.3) is 0 Å². The van der Waals surface area contributed by atoms with Crippen LogP contribution >= 0.6 is 11.3 Å². The summed E-state index contributed by atoms with van der Waals surface area (Å²) < 4.78 is 29.0. The number of ketones is 1. The molecule has 0 aliphatic rings. The Labute approximate surface area is 258 Å². The third kappa shape index (κ3) is 10.6. The van der Waals surface area contributed by atoms with E-state index in [1.54, 1.807) is 23.6 Å². The van der Waals surface area contributed by atoms with Crippen LogP contribution in [0, 0.1) is 0 Å². The van der Waals surface area contributed by atoms with Gasteiger partial charge < -0.3 is 33.6 Å². The Kier molecular flexibility index (Phi) is 12.5. The molecule has 1 aromatic heterocycles. The number of amides is 2. The Bertz CT molecular complexity index is 1600. The minimum absolute atomic E-state index is 0.0276. The fourth-order valence-corrected chi connectivity index (χ4v) is 6.04. The molecule has 15 nitrogen and oxygen atoms in total. The summed E-state index contributed by atoms with van der Waals surface area (Å²) in [4.78, 5) is 50.7. The van der Waals surface area contributed by atoms with Crippen LogP contribution in [-0.2, 0) is 19.6 Å². The Hall–Kier alpha value is -4.61. The first-order chi connectivity index (χ1) is 21.0. The van der Waals surface area contributed by atoms with Crippen LogP contribution in [0.2, 0.25) is 0 Å². The van der Waals surface area contributed by atoms with Crippen LogP contribution in [0.3, 0.4) is 0 Å². The molecule has 11 N–H and O–H groups in total. The molecule has 2 aromatic carbocycles. The summed E-state index contributed by atoms with van der Waals surface area (Å²) in [7, 11) is -4.14. The monoisotopic (exact) mass is 644 g/mol. The summed E-state index contributed by atoms with van der Waals surface area (Å²) in [5.74, 6) is -2.04. The van der Waals surface area contributed by atoms with E-state index in [2.05, 4.69) is 30.3 Å². The van der Waals surface area contributed by atoms with Gasteiger partial charge >= 0.3 is 0 Å². The number of carbonyl (C=O) groups excluding carboxylic acids is 3. The van der Waals surface area contributed by atoms with Crippen LogP contribution in [0.25, 0.3) is 10.8 Å². The molecule has 0 aliphatic carbocycles. The standard InChI is InChI=1S/C27H36N10O5S2/c28-26(29)33-11-3-7-20(23(39)25-32-13-14-43-25)36-22(38)16-35-24(40)21(8-4-12-34-27(30)31)37-44(41,42)19-10-9-17-5-1-2-6-18(17)15-19/h1-2,5-6,9-10,13-15,20-21,37H,3-4,7-8,11-12,16H2,(H,35,40)(H,36,38)(H4,28,29,33)(H4,30,31,34)/t20-,21+/m0/s1. The van der Waals surface area contributed by atoms with Crippen LogP contribution in [0.5, 0.6) is 0 Å². The molecule has 0 saturated heterocycles. The number of guanidine groups is 2. The number of thiazole rings is 1. The number of aliphatic imine (C=N–C) groups is 2. The Balaban J connectivity index is 1.68. The van der Waals surface area contributed by atoms with Crippen molar-refractivity contribution in [3.63, 3.8) is 0 Å². The molecule has 0 saturated carbocycles. The fourth-order valence-electron chi connectivity index (χ4n) is 4.14. The van der Waals surface area contributed by atoms with Gasteiger partial charge in [-0.3, -0.25) is 24.4 Å². The lowest BCUT2D eigenvalue weighted by Gasteiger charge is -2.20. The van der Waals surface area contributed by atoms with Crippen LogP contribution in [0.15, 0.2) is 68.9 Å². The van der Waals surface area contributed by atoms with Crippen molar-refractivity contribution in [2.24, 2.45) is 32.9 Å². The predicted molar refractivity (Wildman–Crippen MR) is 169 cm³/mol. The van der Waals surface area contributed by atoms with E-state index >= 15 is 0 Å². The number of hydrogen-bond acceptors (Lipinski definition) is 9. The van der Waals surface area contributed by atoms with Crippen LogP contribution in [0.4, 0.5) is 0 Å². The predicted octanol–water partition coefficient (Wildman–Crippen LogP) is -0.466. The molecule has 0 bridgehead atoms. The fraction of sp³-hybridized carbons (Fsp3) is 0.333. The second-order valence-electron chi connectivity index (χ2n) is 9.62. The second kappa shape index (κ2) is 16.3. The molecule has 0 aliphatic heterocycles. The molecule has 17 heteroatoms. The lowest BCUT2D eigenvalue weighted by atomic mass is 10.1. The van der Waals surface area contributed by atoms with Crippen molar-refractivity contribution in [1.29, 1.82) is 0 Å². The summed E-state index contributed by atoms with van der Waals surface area (Å²) in [5, 5.41) is 8.48. The number of benzene rings is 2. The molecule has 2 amide bonds. The number of rotatable bonds is 17. The summed E-state index contributed by atoms with van der Waals surface area (Å²) in [6.45, 7) is -0.114. The van der Waals surface area contributed by atoms with Gasteiger partial charge in [-0.15, -0.1) is 11.3 Å². The maximum Gasteiger partial charge on any atom is 0.241 e. The van der Waals surface area contributed by atoms with Crippen molar-refractivity contribution in [3.8, 4) is 0 Å². The number of sulfonamides is 1. The van der Waals surface area contributed by atoms with E-state index in [0.717, 1.165) is 16.7 Å². The van der Waals surface area contributed by atoms with Gasteiger partial charge in [0.15, 0.2) is 16.9 Å². The van der Waals surface area contributed by atoms with Crippen molar-refractivity contribution >= 4 is 61.6 Å². The lowest BCUT2D eigenvalue weighted by Crippen LogP contribution is -2.50. The van der Waals surface area contributed by atoms with E-state index in [0.29, 0.717) is 11.8 Å². The normalized spacial score (nSPS) is 12.5. The molecule has 44 heavy (non-hydrogen) atoms. The Morgan fingerprint density at radius 2 is 1.52 bits per heavy atom. The minimum atomic E-state index is -4.14. The minimum Gasteiger partial charge on any atom is -0.370 e. The van der Waals surface area contributed by atoms with E-state index in [4.69, 9.17) is 22.9 Å². The number of fused-ring (bicyclic) bond motifs is 1. The highest BCUT2D eigenvalue weighted by Gasteiger charge is 2.27. The molecule has 3 rings (SSSR count). The highest BCUT2D eigenvalue weighted by atomic mass is 32.2. The summed E-state index contributed by atoms with van der Waals surface area (Å²) in [6, 6.07) is 9.68. The largest absolute Gasteiger partial charge is 0.370 e. The molecular formula is C27H36N10O5S2. The average Bonchev–Trinajstić information content (AvgIpc) is 3.53. The third-order valence-corrected chi connectivity index (χ3v) is 8.51. The maximum absolute atomic E-state index is 13.3. The molecule has 0 unspecified atom stereocenters. The van der Waals surface area contributed by atoms with Gasteiger partial charge in [-0.25, -0.2) is 13.4 Å². The van der Waals surface area contributed by atoms with Crippen molar-refractivity contribution in [3.05, 3.63) is 59.0 Å².